The van der Waals surface area contributed by atoms with E-state index in [9.17, 15) is 23.7 Å². The van der Waals surface area contributed by atoms with Crippen LogP contribution in [0.5, 0.6) is 40.2 Å². The summed E-state index contributed by atoms with van der Waals surface area (Å²) in [6.07, 6.45) is 4.52. The largest absolute Gasteiger partial charge is 0.493 e. The maximum Gasteiger partial charge on any atom is 0.387 e. The monoisotopic (exact) mass is 706 g/mol. The summed E-state index contributed by atoms with van der Waals surface area (Å²) in [7, 11) is 1.43. The highest BCUT2D eigenvalue weighted by atomic mass is 35.5. The molecule has 1 aromatic heterocycles. The van der Waals surface area contributed by atoms with E-state index in [1.54, 1.807) is 18.2 Å². The molecule has 3 aromatic carbocycles. The number of methoxy groups -OCH3 is 1. The summed E-state index contributed by atoms with van der Waals surface area (Å²) in [5.74, 6) is -0.763. The van der Waals surface area contributed by atoms with Crippen LogP contribution < -0.4 is 27.5 Å². The first kappa shape index (κ1) is 34.3. The van der Waals surface area contributed by atoms with Gasteiger partial charge in [-0.25, -0.2) is 4.79 Å². The molecule has 1 fully saturated rings. The van der Waals surface area contributed by atoms with Crippen LogP contribution in [0.15, 0.2) is 73.1 Å². The Labute approximate surface area is 282 Å². The maximum absolute atomic E-state index is 13.4. The Hall–Kier alpha value is -5.08. The second-order valence-electron chi connectivity index (χ2n) is 10.4. The number of carbonyl (C=O) groups is 1. The van der Waals surface area contributed by atoms with E-state index in [1.807, 2.05) is 0 Å². The van der Waals surface area contributed by atoms with Crippen LogP contribution in [0.25, 0.3) is 0 Å². The van der Waals surface area contributed by atoms with Crippen LogP contribution in [-0.2, 0) is 4.74 Å². The van der Waals surface area contributed by atoms with Crippen molar-refractivity contribution in [3.8, 4) is 40.2 Å². The highest BCUT2D eigenvalue weighted by molar-refractivity contribution is 6.10. The Morgan fingerprint density at radius 1 is 0.938 bits per heavy atom. The maximum atomic E-state index is 13.4. The van der Waals surface area contributed by atoms with Crippen LogP contribution in [0.4, 0.5) is 14.5 Å². The average molecular weight is 707 g/mol. The van der Waals surface area contributed by atoms with Crippen molar-refractivity contribution in [1.82, 2.24) is 4.98 Å². The zero-order valence-corrected chi connectivity index (χ0v) is 26.5. The minimum absolute atomic E-state index is 0.00968. The van der Waals surface area contributed by atoms with Crippen molar-refractivity contribution in [3.05, 3.63) is 99.9 Å². The number of benzene rings is 3. The molecule has 0 bridgehead atoms. The van der Waals surface area contributed by atoms with E-state index in [0.717, 1.165) is 12.8 Å². The molecule has 0 saturated heterocycles. The number of hydrogen-bond donors (Lipinski definition) is 0. The lowest BCUT2D eigenvalue weighted by Gasteiger charge is -2.22. The van der Waals surface area contributed by atoms with Gasteiger partial charge in [0.25, 0.3) is 5.69 Å². The molecule has 252 valence electrons. The molecule has 12 nitrogen and oxygen atoms in total. The van der Waals surface area contributed by atoms with Crippen molar-refractivity contribution >= 4 is 35.4 Å². The standard InChI is InChI=1S/C32H26Cl2F2N2O10/c1-42-24-10-4-19(12-27(24)45-22-8-6-21(7-9-22)38(40)41)23(30-28(47-33)14-37-15-29(30)48-34)17-44-31(39)20-5-11-25(46-32(35)36)26(13-20)43-16-18-2-3-18/h4-15,18,23,32H,2-3,16-17H2,1H3. The van der Waals surface area contributed by atoms with Gasteiger partial charge in [0.05, 0.1) is 48.1 Å². The summed E-state index contributed by atoms with van der Waals surface area (Å²) in [6.45, 7) is -3.16. The Bertz CT molecular complexity index is 1740. The lowest BCUT2D eigenvalue weighted by Crippen LogP contribution is -2.16. The second-order valence-corrected chi connectivity index (χ2v) is 10.7. The summed E-state index contributed by atoms with van der Waals surface area (Å²) in [4.78, 5) is 27.9. The summed E-state index contributed by atoms with van der Waals surface area (Å²) >= 11 is 11.6. The molecule has 0 radical (unpaired) electrons. The van der Waals surface area contributed by atoms with Gasteiger partial charge in [0, 0.05) is 12.1 Å². The third kappa shape index (κ3) is 8.44. The molecule has 4 aromatic rings. The number of nitro benzene ring substituents is 1. The first-order chi connectivity index (χ1) is 23.2. The fourth-order valence-corrected chi connectivity index (χ4v) is 4.92. The van der Waals surface area contributed by atoms with Crippen LogP contribution in [0, 0.1) is 16.0 Å². The lowest BCUT2D eigenvalue weighted by atomic mass is 9.91. The zero-order chi connectivity index (χ0) is 34.2. The van der Waals surface area contributed by atoms with Crippen molar-refractivity contribution in [3.63, 3.8) is 0 Å². The smallest absolute Gasteiger partial charge is 0.387 e. The molecule has 1 unspecified atom stereocenters. The number of hydrogen-bond acceptors (Lipinski definition) is 11. The third-order valence-corrected chi connectivity index (χ3v) is 7.58. The van der Waals surface area contributed by atoms with Crippen molar-refractivity contribution < 1.29 is 50.8 Å². The highest BCUT2D eigenvalue weighted by Gasteiger charge is 2.28. The normalized spacial score (nSPS) is 13.0. The number of non-ortho nitro benzene ring substituents is 1. The molecule has 1 aliphatic rings. The van der Waals surface area contributed by atoms with Crippen LogP contribution in [-0.4, -0.2) is 42.8 Å². The molecule has 1 heterocycles. The second kappa shape index (κ2) is 15.7. The molecule has 5 rings (SSSR count). The van der Waals surface area contributed by atoms with E-state index in [2.05, 4.69) is 9.72 Å². The minimum Gasteiger partial charge on any atom is -0.493 e. The average Bonchev–Trinajstić information content (AvgIpc) is 3.92. The van der Waals surface area contributed by atoms with Crippen molar-refractivity contribution in [1.29, 1.82) is 0 Å². The predicted molar refractivity (Wildman–Crippen MR) is 167 cm³/mol. The fourth-order valence-electron chi connectivity index (χ4n) is 4.67. The third-order valence-electron chi connectivity index (χ3n) is 7.24. The number of halogens is 4. The number of nitrogens with zero attached hydrogens (tertiary/aromatic N) is 2. The van der Waals surface area contributed by atoms with Crippen LogP contribution in [0.3, 0.4) is 0 Å². The van der Waals surface area contributed by atoms with Crippen LogP contribution in [0.1, 0.15) is 40.2 Å². The van der Waals surface area contributed by atoms with Gasteiger partial charge < -0.3 is 32.3 Å². The quantitative estimate of drug-likeness (QED) is 0.0632. The lowest BCUT2D eigenvalue weighted by molar-refractivity contribution is -0.384. The van der Waals surface area contributed by atoms with Crippen LogP contribution in [0.2, 0.25) is 0 Å². The first-order valence-electron chi connectivity index (χ1n) is 14.2. The molecule has 16 heteroatoms. The van der Waals surface area contributed by atoms with Gasteiger partial charge in [0.2, 0.25) is 0 Å². The Kier molecular flexibility index (Phi) is 11.2. The first-order valence-corrected chi connectivity index (χ1v) is 14.9. The van der Waals surface area contributed by atoms with E-state index >= 15 is 0 Å². The number of ether oxygens (including phenoxy) is 5. The van der Waals surface area contributed by atoms with Gasteiger partial charge in [-0.1, -0.05) is 6.07 Å². The van der Waals surface area contributed by atoms with Crippen molar-refractivity contribution in [2.45, 2.75) is 25.4 Å². The summed E-state index contributed by atoms with van der Waals surface area (Å²) < 4.78 is 63.5. The fraction of sp³-hybridized carbons (Fsp3) is 0.250. The molecule has 0 amide bonds. The number of carbonyl (C=O) groups excluding carboxylic acids is 1. The van der Waals surface area contributed by atoms with E-state index < -0.39 is 23.4 Å². The molecule has 0 spiro atoms. The van der Waals surface area contributed by atoms with Gasteiger partial charge in [-0.3, -0.25) is 15.1 Å². The Balaban J connectivity index is 1.47. The van der Waals surface area contributed by atoms with Crippen molar-refractivity contribution in [2.75, 3.05) is 20.3 Å². The SMILES string of the molecule is COc1ccc(C(COC(=O)c2ccc(OC(F)F)c(OCC3CC3)c2)c2c(OCl)cncc2OCl)cc1Oc1ccc([N+](=O)[O-])cc1. The molecule has 1 saturated carbocycles. The summed E-state index contributed by atoms with van der Waals surface area (Å²) in [5, 5.41) is 11.1. The number of pyridine rings is 1. The van der Waals surface area contributed by atoms with E-state index in [0.29, 0.717) is 17.2 Å². The van der Waals surface area contributed by atoms with Gasteiger partial charge in [0.1, 0.15) is 36.1 Å². The minimum atomic E-state index is -3.09. The molecule has 1 aliphatic carbocycles. The van der Waals surface area contributed by atoms with Gasteiger partial charge in [-0.15, -0.1) is 0 Å². The highest BCUT2D eigenvalue weighted by Crippen LogP contribution is 2.43. The van der Waals surface area contributed by atoms with Crippen LogP contribution >= 0.6 is 23.7 Å². The van der Waals surface area contributed by atoms with Gasteiger partial charge in [-0.05, 0) is 66.8 Å². The van der Waals surface area contributed by atoms with Gasteiger partial charge in [-0.2, -0.15) is 8.78 Å². The summed E-state index contributed by atoms with van der Waals surface area (Å²) in [6, 6.07) is 14.0. The zero-order valence-electron chi connectivity index (χ0n) is 25.0. The predicted octanol–water partition coefficient (Wildman–Crippen LogP) is 8.24. The topological polar surface area (TPSA) is 138 Å². The Morgan fingerprint density at radius 3 is 2.23 bits per heavy atom. The number of nitro groups is 1. The van der Waals surface area contributed by atoms with E-state index in [4.69, 9.17) is 51.3 Å². The van der Waals surface area contributed by atoms with Gasteiger partial charge >= 0.3 is 12.6 Å². The molecule has 48 heavy (non-hydrogen) atoms. The number of esters is 1. The molecule has 1 atom stereocenters. The van der Waals surface area contributed by atoms with E-state index in [1.165, 1.54) is 62.0 Å². The number of alkyl halides is 2. The molecular formula is C32H26Cl2F2N2O10. The Morgan fingerprint density at radius 2 is 1.62 bits per heavy atom. The van der Waals surface area contributed by atoms with E-state index in [-0.39, 0.29) is 64.5 Å². The number of rotatable bonds is 16. The molecule has 0 aliphatic heterocycles. The summed E-state index contributed by atoms with van der Waals surface area (Å²) in [5.41, 5.74) is 0.618. The van der Waals surface area contributed by atoms with Crippen molar-refractivity contribution in [2.24, 2.45) is 5.92 Å². The molecule has 0 N–H and O–H groups in total. The van der Waals surface area contributed by atoms with Gasteiger partial charge in [0.15, 0.2) is 34.5 Å². The number of aromatic nitrogens is 1. The molecular weight excluding hydrogens is 681 g/mol.